The number of dihydropyridines is 1. The number of allylic oxidation sites excluding steroid dienone is 2. The largest absolute Gasteiger partial charge is 0.410 e. The first kappa shape index (κ1) is 16.1. The topological polar surface area (TPSA) is 38.7 Å². The molecule has 0 aromatic heterocycles. The lowest BCUT2D eigenvalue weighted by molar-refractivity contribution is -0.119. The fraction of sp³-hybridized carbons (Fsp3) is 0.529. The van der Waals surface area contributed by atoms with Gasteiger partial charge >= 0.3 is 0 Å². The number of hydrogen-bond donors (Lipinski definition) is 0. The highest BCUT2D eigenvalue weighted by atomic mass is 28.4. The second-order valence-electron chi connectivity index (χ2n) is 7.31. The normalized spacial score (nSPS) is 29.5. The van der Waals surface area contributed by atoms with E-state index in [4.69, 9.17) is 4.43 Å². The summed E-state index contributed by atoms with van der Waals surface area (Å²) in [6, 6.07) is -0.202. The van der Waals surface area contributed by atoms with Crippen LogP contribution in [0.4, 0.5) is 0 Å². The van der Waals surface area contributed by atoms with E-state index in [1.54, 1.807) is 12.3 Å². The van der Waals surface area contributed by atoms with Gasteiger partial charge in [0.05, 0.1) is 18.1 Å². The number of nitrogens with zero attached hydrogens (tertiary/aromatic N) is 1. The van der Waals surface area contributed by atoms with Crippen LogP contribution >= 0.6 is 0 Å². The Hall–Kier alpha value is -1.26. The van der Waals surface area contributed by atoms with E-state index in [0.29, 0.717) is 0 Å². The van der Waals surface area contributed by atoms with Crippen LogP contribution in [0.2, 0.25) is 18.1 Å². The van der Waals surface area contributed by atoms with Gasteiger partial charge in [-0.15, -0.1) is 0 Å². The predicted octanol–water partition coefficient (Wildman–Crippen LogP) is 3.70. The van der Waals surface area contributed by atoms with E-state index in [9.17, 15) is 4.79 Å². The minimum absolute atomic E-state index is 0.0947. The maximum absolute atomic E-state index is 12.3. The fourth-order valence-electron chi connectivity index (χ4n) is 2.37. The summed E-state index contributed by atoms with van der Waals surface area (Å²) in [5.41, 5.74) is 0.878. The second kappa shape index (κ2) is 5.50. The average Bonchev–Trinajstić information content (AvgIpc) is 2.69. The number of carbonyl (C=O) groups excluding carboxylic acids is 1. The van der Waals surface area contributed by atoms with Crippen molar-refractivity contribution in [3.8, 4) is 0 Å². The van der Waals surface area contributed by atoms with Gasteiger partial charge in [-0.2, -0.15) is 0 Å². The smallest absolute Gasteiger partial charge is 0.192 e. The van der Waals surface area contributed by atoms with E-state index in [-0.39, 0.29) is 28.9 Å². The predicted molar refractivity (Wildman–Crippen MR) is 90.3 cm³/mol. The van der Waals surface area contributed by atoms with Crippen molar-refractivity contribution >= 4 is 20.3 Å². The molecule has 0 spiro atoms. The Balaban J connectivity index is 2.21. The van der Waals surface area contributed by atoms with E-state index >= 15 is 0 Å². The number of ketones is 1. The Kier molecular flexibility index (Phi) is 4.22. The number of aliphatic imine (C=N–C) groups is 1. The van der Waals surface area contributed by atoms with Crippen molar-refractivity contribution in [2.45, 2.75) is 51.0 Å². The Morgan fingerprint density at radius 1 is 1.29 bits per heavy atom. The zero-order valence-corrected chi connectivity index (χ0v) is 14.6. The first-order valence-corrected chi connectivity index (χ1v) is 10.3. The molecule has 21 heavy (non-hydrogen) atoms. The Morgan fingerprint density at radius 2 is 1.95 bits per heavy atom. The van der Waals surface area contributed by atoms with Gasteiger partial charge in [0.2, 0.25) is 0 Å². The maximum Gasteiger partial charge on any atom is 0.192 e. The van der Waals surface area contributed by atoms with E-state index < -0.39 is 8.32 Å². The van der Waals surface area contributed by atoms with E-state index in [1.165, 1.54) is 0 Å². The number of carbonyl (C=O) groups is 1. The van der Waals surface area contributed by atoms with Crippen LogP contribution in [-0.4, -0.2) is 32.5 Å². The van der Waals surface area contributed by atoms with Crippen molar-refractivity contribution in [2.75, 3.05) is 0 Å². The molecule has 0 fully saturated rings. The van der Waals surface area contributed by atoms with E-state index in [0.717, 1.165) is 5.57 Å². The number of rotatable bonds is 3. The molecule has 0 bridgehead atoms. The monoisotopic (exact) mass is 303 g/mol. The zero-order chi connectivity index (χ0) is 15.8. The molecule has 114 valence electrons. The lowest BCUT2D eigenvalue weighted by atomic mass is 9.88. The molecule has 0 aromatic carbocycles. The van der Waals surface area contributed by atoms with Crippen molar-refractivity contribution in [3.63, 3.8) is 0 Å². The van der Waals surface area contributed by atoms with Crippen molar-refractivity contribution in [1.82, 2.24) is 0 Å². The standard InChI is InChI=1S/C17H25NO2Si/c1-12-8-7-11-18-16(12)15-13(19)9-10-14(15)20-21(5,6)17(2,3)4/h7-11,14-16H,1H2,2-6H3. The molecule has 3 nitrogen and oxygen atoms in total. The SMILES string of the molecule is C=C1C=CC=NC1C1C(=O)C=CC1O[Si](C)(C)C(C)(C)C. The van der Waals surface area contributed by atoms with Gasteiger partial charge in [-0.1, -0.05) is 39.5 Å². The lowest BCUT2D eigenvalue weighted by Gasteiger charge is -2.40. The van der Waals surface area contributed by atoms with Gasteiger partial charge in [-0.3, -0.25) is 9.79 Å². The molecule has 0 radical (unpaired) electrons. The Bertz CT molecular complexity index is 537. The molecular weight excluding hydrogens is 278 g/mol. The molecule has 1 heterocycles. The highest BCUT2D eigenvalue weighted by molar-refractivity contribution is 6.74. The van der Waals surface area contributed by atoms with Crippen LogP contribution in [0.1, 0.15) is 20.8 Å². The third kappa shape index (κ3) is 3.16. The molecule has 0 aromatic rings. The van der Waals surface area contributed by atoms with Gasteiger partial charge in [0.15, 0.2) is 14.1 Å². The van der Waals surface area contributed by atoms with Gasteiger partial charge in [-0.25, -0.2) is 0 Å². The van der Waals surface area contributed by atoms with E-state index in [2.05, 4.69) is 45.4 Å². The van der Waals surface area contributed by atoms with Crippen molar-refractivity contribution in [2.24, 2.45) is 10.9 Å². The van der Waals surface area contributed by atoms with Crippen LogP contribution in [0.3, 0.4) is 0 Å². The Morgan fingerprint density at radius 3 is 2.52 bits per heavy atom. The summed E-state index contributed by atoms with van der Waals surface area (Å²) in [5, 5.41) is 0.115. The first-order valence-electron chi connectivity index (χ1n) is 7.42. The number of hydrogen-bond acceptors (Lipinski definition) is 3. The maximum atomic E-state index is 12.3. The van der Waals surface area contributed by atoms with Crippen LogP contribution in [-0.2, 0) is 9.22 Å². The third-order valence-corrected chi connectivity index (χ3v) is 9.21. The minimum Gasteiger partial charge on any atom is -0.410 e. The van der Waals surface area contributed by atoms with Gasteiger partial charge in [0.1, 0.15) is 0 Å². The van der Waals surface area contributed by atoms with Gasteiger partial charge < -0.3 is 4.43 Å². The fourth-order valence-corrected chi connectivity index (χ4v) is 3.63. The zero-order valence-electron chi connectivity index (χ0n) is 13.6. The van der Waals surface area contributed by atoms with Crippen molar-refractivity contribution < 1.29 is 9.22 Å². The quantitative estimate of drug-likeness (QED) is 0.746. The third-order valence-electron chi connectivity index (χ3n) is 4.73. The molecule has 0 saturated carbocycles. The van der Waals surface area contributed by atoms with Gasteiger partial charge in [0, 0.05) is 6.21 Å². The summed E-state index contributed by atoms with van der Waals surface area (Å²) >= 11 is 0. The first-order chi connectivity index (χ1) is 9.63. The van der Waals surface area contributed by atoms with Crippen LogP contribution in [0.25, 0.3) is 0 Å². The highest BCUT2D eigenvalue weighted by Gasteiger charge is 2.45. The van der Waals surface area contributed by atoms with Crippen molar-refractivity contribution in [1.29, 1.82) is 0 Å². The minimum atomic E-state index is -1.93. The summed E-state index contributed by atoms with van der Waals surface area (Å²) in [6.07, 6.45) is 8.87. The summed E-state index contributed by atoms with van der Waals surface area (Å²) in [6.45, 7) is 15.1. The molecule has 4 heteroatoms. The molecule has 1 aliphatic heterocycles. The lowest BCUT2D eigenvalue weighted by Crippen LogP contribution is -2.47. The molecule has 1 aliphatic carbocycles. The summed E-state index contributed by atoms with van der Waals surface area (Å²) < 4.78 is 6.44. The van der Waals surface area contributed by atoms with Gasteiger partial charge in [0.25, 0.3) is 0 Å². The molecular formula is C17H25NO2Si. The molecule has 2 rings (SSSR count). The van der Waals surface area contributed by atoms with Gasteiger partial charge in [-0.05, 0) is 35.9 Å². The summed E-state index contributed by atoms with van der Waals surface area (Å²) in [7, 11) is -1.93. The molecule has 2 aliphatic rings. The molecule has 3 atom stereocenters. The molecule has 3 unspecified atom stereocenters. The molecule has 0 N–H and O–H groups in total. The molecule has 0 amide bonds. The second-order valence-corrected chi connectivity index (χ2v) is 12.1. The highest BCUT2D eigenvalue weighted by Crippen LogP contribution is 2.40. The van der Waals surface area contributed by atoms with Crippen LogP contribution in [0.15, 0.2) is 41.4 Å². The average molecular weight is 303 g/mol. The summed E-state index contributed by atoms with van der Waals surface area (Å²) in [4.78, 5) is 16.7. The molecule has 0 saturated heterocycles. The summed E-state index contributed by atoms with van der Waals surface area (Å²) in [5.74, 6) is -0.176. The van der Waals surface area contributed by atoms with E-state index in [1.807, 2.05) is 18.2 Å². The van der Waals surface area contributed by atoms with Crippen LogP contribution in [0.5, 0.6) is 0 Å². The van der Waals surface area contributed by atoms with Crippen LogP contribution in [0, 0.1) is 5.92 Å². The van der Waals surface area contributed by atoms with Crippen molar-refractivity contribution in [3.05, 3.63) is 36.5 Å². The van der Waals surface area contributed by atoms with Crippen LogP contribution < -0.4 is 0 Å². The Labute approximate surface area is 128 Å².